The first kappa shape index (κ1) is 11.9. The van der Waals surface area contributed by atoms with Gasteiger partial charge < -0.3 is 5.11 Å². The zero-order valence-electron chi connectivity index (χ0n) is 9.15. The number of carbonyl (C=O) groups is 1. The van der Waals surface area contributed by atoms with Gasteiger partial charge in [0.2, 0.25) is 6.54 Å². The molecule has 1 aliphatic rings. The Morgan fingerprint density at radius 2 is 2.07 bits per heavy atom. The van der Waals surface area contributed by atoms with E-state index in [9.17, 15) is 14.9 Å². The molecule has 0 aliphatic heterocycles. The van der Waals surface area contributed by atoms with Gasteiger partial charge in [0, 0.05) is 10.3 Å². The smallest absolute Gasteiger partial charge is 0.304 e. The number of hydrogen-bond acceptors (Lipinski definition) is 3. The maximum Gasteiger partial charge on any atom is 0.304 e. The lowest BCUT2D eigenvalue weighted by Gasteiger charge is -2.25. The molecule has 15 heavy (non-hydrogen) atoms. The zero-order valence-corrected chi connectivity index (χ0v) is 9.15. The lowest BCUT2D eigenvalue weighted by atomic mass is 9.79. The Morgan fingerprint density at radius 3 is 2.40 bits per heavy atom. The minimum Gasteiger partial charge on any atom is -0.481 e. The second kappa shape index (κ2) is 3.79. The lowest BCUT2D eigenvalue weighted by molar-refractivity contribution is -0.497. The number of rotatable bonds is 4. The Kier molecular flexibility index (Phi) is 3.02. The highest BCUT2D eigenvalue weighted by molar-refractivity contribution is 5.67. The average molecular weight is 215 g/mol. The molecule has 0 radical (unpaired) electrons. The summed E-state index contributed by atoms with van der Waals surface area (Å²) in [6, 6.07) is 0. The first-order valence-corrected chi connectivity index (χ1v) is 5.08. The molecular formula is C10H17NO4. The molecule has 1 unspecified atom stereocenters. The van der Waals surface area contributed by atoms with Crippen LogP contribution in [0.3, 0.4) is 0 Å². The van der Waals surface area contributed by atoms with Crippen LogP contribution in [0.2, 0.25) is 0 Å². The highest BCUT2D eigenvalue weighted by Crippen LogP contribution is 2.51. The van der Waals surface area contributed by atoms with Crippen molar-refractivity contribution in [3.8, 4) is 0 Å². The minimum absolute atomic E-state index is 0.0332. The predicted molar refractivity (Wildman–Crippen MR) is 54.2 cm³/mol. The molecule has 5 heteroatoms. The van der Waals surface area contributed by atoms with Gasteiger partial charge in [-0.25, -0.2) is 0 Å². The molecular weight excluding hydrogens is 198 g/mol. The summed E-state index contributed by atoms with van der Waals surface area (Å²) in [6.45, 7) is 3.86. The average Bonchev–Trinajstić information content (AvgIpc) is 2.22. The van der Waals surface area contributed by atoms with E-state index in [1.807, 2.05) is 13.8 Å². The number of hydrogen-bond donors (Lipinski definition) is 1. The van der Waals surface area contributed by atoms with Crippen molar-refractivity contribution >= 4 is 5.97 Å². The van der Waals surface area contributed by atoms with Crippen molar-refractivity contribution in [2.75, 3.05) is 6.54 Å². The van der Waals surface area contributed by atoms with E-state index < -0.39 is 11.4 Å². The number of aliphatic carboxylic acids is 1. The third kappa shape index (κ3) is 3.18. The van der Waals surface area contributed by atoms with Gasteiger partial charge in [0.05, 0.1) is 6.42 Å². The van der Waals surface area contributed by atoms with Crippen LogP contribution in [0.15, 0.2) is 0 Å². The summed E-state index contributed by atoms with van der Waals surface area (Å²) < 4.78 is 0. The summed E-state index contributed by atoms with van der Waals surface area (Å²) in [7, 11) is 0. The van der Waals surface area contributed by atoms with E-state index in [1.54, 1.807) is 0 Å². The second-order valence-electron chi connectivity index (χ2n) is 5.40. The molecule has 0 heterocycles. The van der Waals surface area contributed by atoms with E-state index in [4.69, 9.17) is 5.11 Å². The second-order valence-corrected chi connectivity index (χ2v) is 5.40. The molecule has 1 rings (SSSR count). The lowest BCUT2D eigenvalue weighted by Crippen LogP contribution is -2.31. The summed E-state index contributed by atoms with van der Waals surface area (Å²) in [5.74, 6) is -0.936. The molecule has 0 amide bonds. The zero-order chi connectivity index (χ0) is 11.7. The molecule has 0 saturated heterocycles. The van der Waals surface area contributed by atoms with E-state index in [0.29, 0.717) is 12.8 Å². The molecule has 0 aromatic heterocycles. The summed E-state index contributed by atoms with van der Waals surface area (Å²) >= 11 is 0. The molecule has 1 fully saturated rings. The van der Waals surface area contributed by atoms with Crippen molar-refractivity contribution in [1.82, 2.24) is 0 Å². The molecule has 0 spiro atoms. The molecule has 0 bridgehead atoms. The van der Waals surface area contributed by atoms with Gasteiger partial charge in [-0.05, 0) is 24.7 Å². The SMILES string of the molecule is CC1(C)CCC(CC(=O)O)(C[N+](=O)[O-])C1. The van der Waals surface area contributed by atoms with Crippen LogP contribution in [-0.2, 0) is 4.79 Å². The Bertz CT molecular complexity index is 269. The Labute approximate surface area is 88.6 Å². The summed E-state index contributed by atoms with van der Waals surface area (Å²) in [6.07, 6.45) is 2.06. The fourth-order valence-corrected chi connectivity index (χ4v) is 2.73. The quantitative estimate of drug-likeness (QED) is 0.574. The van der Waals surface area contributed by atoms with Crippen LogP contribution in [0.5, 0.6) is 0 Å². The molecule has 1 atom stereocenters. The van der Waals surface area contributed by atoms with Crippen LogP contribution in [0.25, 0.3) is 0 Å². The van der Waals surface area contributed by atoms with E-state index >= 15 is 0 Å². The van der Waals surface area contributed by atoms with E-state index in [-0.39, 0.29) is 23.3 Å². The van der Waals surface area contributed by atoms with Gasteiger partial charge in [-0.15, -0.1) is 0 Å². The molecule has 0 aromatic carbocycles. The first-order chi connectivity index (χ1) is 6.75. The van der Waals surface area contributed by atoms with Gasteiger partial charge >= 0.3 is 5.97 Å². The molecule has 0 aromatic rings. The van der Waals surface area contributed by atoms with Crippen molar-refractivity contribution < 1.29 is 14.8 Å². The Morgan fingerprint density at radius 1 is 1.47 bits per heavy atom. The fourth-order valence-electron chi connectivity index (χ4n) is 2.73. The normalized spacial score (nSPS) is 28.9. The summed E-state index contributed by atoms with van der Waals surface area (Å²) in [5, 5.41) is 19.4. The molecule has 1 aliphatic carbocycles. The van der Waals surface area contributed by atoms with Gasteiger partial charge in [0.25, 0.3) is 0 Å². The molecule has 86 valence electrons. The third-order valence-electron chi connectivity index (χ3n) is 3.18. The largest absolute Gasteiger partial charge is 0.481 e. The Hall–Kier alpha value is -1.13. The van der Waals surface area contributed by atoms with Crippen molar-refractivity contribution in [2.45, 2.75) is 39.5 Å². The van der Waals surface area contributed by atoms with Gasteiger partial charge in [0.1, 0.15) is 0 Å². The highest BCUT2D eigenvalue weighted by atomic mass is 16.6. The highest BCUT2D eigenvalue weighted by Gasteiger charge is 2.47. The standard InChI is InChI=1S/C10H17NO4/c1-9(2)3-4-10(6-9,5-8(12)13)7-11(14)15/h3-7H2,1-2H3,(H,12,13). The van der Waals surface area contributed by atoms with Crippen LogP contribution < -0.4 is 0 Å². The number of carboxylic acids is 1. The van der Waals surface area contributed by atoms with Crippen LogP contribution in [0.4, 0.5) is 0 Å². The molecule has 1 N–H and O–H groups in total. The van der Waals surface area contributed by atoms with E-state index in [1.165, 1.54) is 0 Å². The minimum atomic E-state index is -0.936. The molecule has 1 saturated carbocycles. The third-order valence-corrected chi connectivity index (χ3v) is 3.18. The first-order valence-electron chi connectivity index (χ1n) is 5.08. The number of nitrogens with zero attached hydrogens (tertiary/aromatic N) is 1. The van der Waals surface area contributed by atoms with Crippen LogP contribution in [0, 0.1) is 20.9 Å². The van der Waals surface area contributed by atoms with Crippen LogP contribution >= 0.6 is 0 Å². The topological polar surface area (TPSA) is 80.4 Å². The van der Waals surface area contributed by atoms with E-state index in [0.717, 1.165) is 6.42 Å². The summed E-state index contributed by atoms with van der Waals surface area (Å²) in [4.78, 5) is 20.9. The number of nitro groups is 1. The predicted octanol–water partition coefficient (Wildman–Crippen LogP) is 1.93. The Balaban J connectivity index is 2.79. The van der Waals surface area contributed by atoms with Gasteiger partial charge in [0.15, 0.2) is 0 Å². The maximum atomic E-state index is 10.7. The number of carboxylic acid groups (broad SMARTS) is 1. The van der Waals surface area contributed by atoms with E-state index in [2.05, 4.69) is 0 Å². The maximum absolute atomic E-state index is 10.7. The van der Waals surface area contributed by atoms with Crippen LogP contribution in [0.1, 0.15) is 39.5 Å². The van der Waals surface area contributed by atoms with Crippen LogP contribution in [-0.4, -0.2) is 22.5 Å². The molecule has 5 nitrogen and oxygen atoms in total. The van der Waals surface area contributed by atoms with Crippen molar-refractivity contribution in [1.29, 1.82) is 0 Å². The van der Waals surface area contributed by atoms with Gasteiger partial charge in [-0.1, -0.05) is 13.8 Å². The van der Waals surface area contributed by atoms with Crippen molar-refractivity contribution in [3.63, 3.8) is 0 Å². The fraction of sp³-hybridized carbons (Fsp3) is 0.900. The van der Waals surface area contributed by atoms with Gasteiger partial charge in [-0.3, -0.25) is 14.9 Å². The van der Waals surface area contributed by atoms with Crippen molar-refractivity contribution in [3.05, 3.63) is 10.1 Å². The monoisotopic (exact) mass is 215 g/mol. The van der Waals surface area contributed by atoms with Crippen molar-refractivity contribution in [2.24, 2.45) is 10.8 Å². The summed E-state index contributed by atoms with van der Waals surface area (Å²) in [5.41, 5.74) is -0.593. The van der Waals surface area contributed by atoms with Gasteiger partial charge in [-0.2, -0.15) is 0 Å².